The maximum Gasteiger partial charge on any atom is 0.160 e. The topological polar surface area (TPSA) is 38.9 Å². The van der Waals surface area contributed by atoms with E-state index in [4.69, 9.17) is 14.4 Å². The summed E-state index contributed by atoms with van der Waals surface area (Å²) in [5.41, 5.74) is 16.6. The molecule has 12 rings (SSSR count). The normalized spacial score (nSPS) is 14.6. The zero-order valence-electron chi connectivity index (χ0n) is 30.8. The predicted octanol–water partition coefficient (Wildman–Crippen LogP) is 14.6. The molecule has 2 aliphatic rings. The van der Waals surface area contributed by atoms with Crippen LogP contribution < -0.4 is 0 Å². The van der Waals surface area contributed by atoms with Crippen LogP contribution in [0.15, 0.2) is 162 Å². The molecule has 2 aliphatic carbocycles. The van der Waals surface area contributed by atoms with Gasteiger partial charge in [0.25, 0.3) is 0 Å². The molecule has 10 aromatic rings. The van der Waals surface area contributed by atoms with Crippen LogP contribution in [0.5, 0.6) is 0 Å². The zero-order valence-corrected chi connectivity index (χ0v) is 31.6. The van der Waals surface area contributed by atoms with E-state index in [9.17, 15) is 0 Å². The number of thiophene rings is 1. The van der Waals surface area contributed by atoms with Gasteiger partial charge in [-0.15, -0.1) is 11.3 Å². The third-order valence-corrected chi connectivity index (χ3v) is 13.7. The Morgan fingerprint density at radius 1 is 0.464 bits per heavy atom. The molecule has 0 N–H and O–H groups in total. The van der Waals surface area contributed by atoms with Gasteiger partial charge in [0.05, 0.1) is 15.9 Å². The minimum atomic E-state index is 0.131. The highest BCUT2D eigenvalue weighted by atomic mass is 32.1. The Morgan fingerprint density at radius 2 is 1.16 bits per heavy atom. The van der Waals surface area contributed by atoms with Crippen molar-refractivity contribution in [1.82, 2.24) is 9.97 Å². The Morgan fingerprint density at radius 3 is 2.05 bits per heavy atom. The van der Waals surface area contributed by atoms with Gasteiger partial charge >= 0.3 is 0 Å². The Bertz CT molecular complexity index is 3170. The third kappa shape index (κ3) is 4.82. The van der Waals surface area contributed by atoms with Crippen molar-refractivity contribution < 1.29 is 4.42 Å². The van der Waals surface area contributed by atoms with Gasteiger partial charge in [-0.3, -0.25) is 0 Å². The molecular formula is C52H36N2OS. The van der Waals surface area contributed by atoms with Gasteiger partial charge in [0.2, 0.25) is 0 Å². The smallest absolute Gasteiger partial charge is 0.160 e. The second-order valence-corrected chi connectivity index (χ2v) is 16.6. The first-order chi connectivity index (χ1) is 27.7. The van der Waals surface area contributed by atoms with Gasteiger partial charge in [0, 0.05) is 37.4 Å². The summed E-state index contributed by atoms with van der Waals surface area (Å²) in [7, 11) is 0. The van der Waals surface area contributed by atoms with Crippen molar-refractivity contribution in [3.05, 3.63) is 169 Å². The lowest BCUT2D eigenvalue weighted by molar-refractivity contribution is 0.353. The van der Waals surface area contributed by atoms with Crippen LogP contribution in [-0.4, -0.2) is 9.97 Å². The quantitative estimate of drug-likeness (QED) is 0.181. The van der Waals surface area contributed by atoms with Crippen LogP contribution >= 0.6 is 11.3 Å². The summed E-state index contributed by atoms with van der Waals surface area (Å²) >= 11 is 1.76. The van der Waals surface area contributed by atoms with Crippen LogP contribution in [0.1, 0.15) is 43.2 Å². The molecule has 3 heterocycles. The minimum absolute atomic E-state index is 0.131. The lowest BCUT2D eigenvalue weighted by atomic mass is 9.67. The van der Waals surface area contributed by atoms with Gasteiger partial charge in [-0.2, -0.15) is 0 Å². The van der Waals surface area contributed by atoms with Crippen molar-refractivity contribution in [1.29, 1.82) is 0 Å². The van der Waals surface area contributed by atoms with Crippen LogP contribution in [0.2, 0.25) is 0 Å². The molecule has 1 fully saturated rings. The number of furan rings is 1. The number of hydrogen-bond acceptors (Lipinski definition) is 4. The van der Waals surface area contributed by atoms with Crippen LogP contribution in [0.4, 0.5) is 0 Å². The predicted molar refractivity (Wildman–Crippen MR) is 233 cm³/mol. The molecular weight excluding hydrogens is 701 g/mol. The van der Waals surface area contributed by atoms with E-state index in [0.717, 1.165) is 60.2 Å². The molecule has 3 aromatic heterocycles. The summed E-state index contributed by atoms with van der Waals surface area (Å²) in [6.07, 6.45) is 6.37. The zero-order chi connectivity index (χ0) is 36.8. The van der Waals surface area contributed by atoms with Gasteiger partial charge in [-0.1, -0.05) is 135 Å². The maximum atomic E-state index is 6.60. The van der Waals surface area contributed by atoms with E-state index in [1.54, 1.807) is 11.3 Å². The summed E-state index contributed by atoms with van der Waals surface area (Å²) in [6.45, 7) is 0. The van der Waals surface area contributed by atoms with Gasteiger partial charge in [0.1, 0.15) is 11.2 Å². The van der Waals surface area contributed by atoms with Crippen molar-refractivity contribution >= 4 is 53.6 Å². The molecule has 0 aliphatic heterocycles. The molecule has 56 heavy (non-hydrogen) atoms. The second kappa shape index (κ2) is 12.3. The number of rotatable bonds is 4. The largest absolute Gasteiger partial charge is 0.456 e. The fourth-order valence-corrected chi connectivity index (χ4v) is 10.9. The Labute approximate surface area is 328 Å². The van der Waals surface area contributed by atoms with E-state index < -0.39 is 0 Å². The van der Waals surface area contributed by atoms with Crippen molar-refractivity contribution in [3.8, 4) is 56.0 Å². The van der Waals surface area contributed by atoms with Gasteiger partial charge in [-0.25, -0.2) is 9.97 Å². The van der Waals surface area contributed by atoms with Crippen molar-refractivity contribution in [2.45, 2.75) is 37.5 Å². The van der Waals surface area contributed by atoms with E-state index in [0.29, 0.717) is 0 Å². The van der Waals surface area contributed by atoms with Crippen molar-refractivity contribution in [3.63, 3.8) is 0 Å². The molecule has 266 valence electrons. The first-order valence-electron chi connectivity index (χ1n) is 19.8. The maximum absolute atomic E-state index is 6.60. The molecule has 1 saturated carbocycles. The molecule has 0 bridgehead atoms. The molecule has 0 saturated heterocycles. The molecule has 1 spiro atoms. The molecule has 3 nitrogen and oxygen atoms in total. The van der Waals surface area contributed by atoms with E-state index in [1.165, 1.54) is 81.3 Å². The highest BCUT2D eigenvalue weighted by molar-refractivity contribution is 7.26. The van der Waals surface area contributed by atoms with Crippen LogP contribution in [0, 0.1) is 0 Å². The second-order valence-electron chi connectivity index (χ2n) is 15.6. The molecule has 0 radical (unpaired) electrons. The molecule has 7 aromatic carbocycles. The van der Waals surface area contributed by atoms with Gasteiger partial charge in [0.15, 0.2) is 5.82 Å². The highest BCUT2D eigenvalue weighted by Gasteiger charge is 2.43. The number of hydrogen-bond donors (Lipinski definition) is 0. The summed E-state index contributed by atoms with van der Waals surface area (Å²) in [5.74, 6) is 0.727. The van der Waals surface area contributed by atoms with E-state index in [2.05, 4.69) is 152 Å². The monoisotopic (exact) mass is 736 g/mol. The minimum Gasteiger partial charge on any atom is -0.456 e. The average molecular weight is 737 g/mol. The van der Waals surface area contributed by atoms with Gasteiger partial charge < -0.3 is 4.42 Å². The number of nitrogens with zero attached hydrogens (tertiary/aromatic N) is 2. The van der Waals surface area contributed by atoms with E-state index in [-0.39, 0.29) is 5.41 Å². The molecule has 0 atom stereocenters. The lowest BCUT2D eigenvalue weighted by Gasteiger charge is -2.36. The summed E-state index contributed by atoms with van der Waals surface area (Å²) in [5, 5.41) is 3.36. The Hall–Kier alpha value is -6.36. The molecule has 4 heteroatoms. The summed E-state index contributed by atoms with van der Waals surface area (Å²) < 4.78 is 8.91. The van der Waals surface area contributed by atoms with Crippen molar-refractivity contribution in [2.24, 2.45) is 0 Å². The fourth-order valence-electron chi connectivity index (χ4n) is 9.79. The number of benzene rings is 7. The number of fused-ring (bicyclic) bond motifs is 11. The fraction of sp³-hybridized carbons (Fsp3) is 0.115. The number of aromatic nitrogens is 2. The van der Waals surface area contributed by atoms with E-state index >= 15 is 0 Å². The summed E-state index contributed by atoms with van der Waals surface area (Å²) in [4.78, 5) is 10.5. The Kier molecular flexibility index (Phi) is 7.03. The van der Waals surface area contributed by atoms with Crippen molar-refractivity contribution in [2.75, 3.05) is 0 Å². The highest BCUT2D eigenvalue weighted by Crippen LogP contribution is 2.56. The van der Waals surface area contributed by atoms with E-state index in [1.807, 2.05) is 6.07 Å². The lowest BCUT2D eigenvalue weighted by Crippen LogP contribution is -2.28. The summed E-state index contributed by atoms with van der Waals surface area (Å²) in [6, 6.07) is 57.2. The molecule has 0 unspecified atom stereocenters. The first kappa shape index (κ1) is 31.9. The molecule has 0 amide bonds. The van der Waals surface area contributed by atoms with Gasteiger partial charge in [-0.05, 0) is 99.8 Å². The van der Waals surface area contributed by atoms with Crippen LogP contribution in [0.25, 0.3) is 98.3 Å². The first-order valence-corrected chi connectivity index (χ1v) is 20.6. The average Bonchev–Trinajstić information content (AvgIpc) is 3.91. The van der Waals surface area contributed by atoms with Crippen LogP contribution in [0.3, 0.4) is 0 Å². The Balaban J connectivity index is 0.962. The van der Waals surface area contributed by atoms with Crippen LogP contribution in [-0.2, 0) is 5.41 Å². The standard InChI is InChI=1S/C52H36N2OS/c1-3-11-32(12-4-1)33-17-19-34(20-18-33)51-53-48(50-49(54-51)41-14-6-8-16-47(41)56-50)37-23-26-45-42(29-37)40-25-22-36(31-46(40)55-45)35-21-24-39-38-13-5-7-15-43(38)52(44(39)30-35)27-9-2-10-28-52/h1,3-8,11-26,29-31H,2,9-10,27-28H2. The third-order valence-electron chi connectivity index (χ3n) is 12.5. The SMILES string of the molecule is c1ccc(-c2ccc(-c3nc(-c4ccc5oc6cc(-c7ccc8c(c7)C7(CCCCC7)c7ccccc7-8)ccc6c5c4)c4sc5ccccc5c4n3)cc2)cc1.